The Balaban J connectivity index is 1.96. The summed E-state index contributed by atoms with van der Waals surface area (Å²) in [5.74, 6) is 0.897. The Kier molecular flexibility index (Phi) is 5.44. The number of hydrogen-bond acceptors (Lipinski definition) is 3. The van der Waals surface area contributed by atoms with Crippen LogP contribution in [0.1, 0.15) is 17.7 Å². The lowest BCUT2D eigenvalue weighted by Gasteiger charge is -2.09. The molecule has 0 unspecified atom stereocenters. The van der Waals surface area contributed by atoms with Crippen molar-refractivity contribution in [3.05, 3.63) is 46.7 Å². The van der Waals surface area contributed by atoms with Crippen molar-refractivity contribution in [1.82, 2.24) is 9.55 Å². The zero-order valence-corrected chi connectivity index (χ0v) is 12.7. The van der Waals surface area contributed by atoms with Crippen LogP contribution in [-0.2, 0) is 17.8 Å². The monoisotopic (exact) mass is 293 g/mol. The van der Waals surface area contributed by atoms with Gasteiger partial charge in [0.05, 0.1) is 5.69 Å². The van der Waals surface area contributed by atoms with Crippen molar-refractivity contribution in [3.8, 4) is 0 Å². The number of imidazole rings is 1. The van der Waals surface area contributed by atoms with Gasteiger partial charge in [-0.1, -0.05) is 23.7 Å². The van der Waals surface area contributed by atoms with Gasteiger partial charge in [0.1, 0.15) is 0 Å². The van der Waals surface area contributed by atoms with Gasteiger partial charge in [0.15, 0.2) is 0 Å². The topological polar surface area (TPSA) is 39.1 Å². The lowest BCUT2D eigenvalue weighted by Crippen LogP contribution is -2.08. The molecular formula is C15H20ClN3O. The van der Waals surface area contributed by atoms with Crippen LogP contribution >= 0.6 is 11.6 Å². The van der Waals surface area contributed by atoms with Crippen molar-refractivity contribution in [1.29, 1.82) is 0 Å². The molecule has 2 aromatic rings. The predicted molar refractivity (Wildman–Crippen MR) is 82.2 cm³/mol. The molecule has 0 aliphatic rings. The summed E-state index contributed by atoms with van der Waals surface area (Å²) in [6.45, 7) is 4.39. The number of anilines is 1. The van der Waals surface area contributed by atoms with Crippen LogP contribution in [0, 0.1) is 6.92 Å². The van der Waals surface area contributed by atoms with E-state index in [1.165, 1.54) is 5.56 Å². The molecule has 4 nitrogen and oxygen atoms in total. The van der Waals surface area contributed by atoms with Gasteiger partial charge >= 0.3 is 0 Å². The second-order valence-corrected chi connectivity index (χ2v) is 5.16. The van der Waals surface area contributed by atoms with Crippen LogP contribution in [0.25, 0.3) is 0 Å². The van der Waals surface area contributed by atoms with Crippen LogP contribution in [0.15, 0.2) is 30.5 Å². The van der Waals surface area contributed by atoms with Crippen molar-refractivity contribution in [2.24, 2.45) is 0 Å². The highest BCUT2D eigenvalue weighted by Crippen LogP contribution is 2.13. The van der Waals surface area contributed by atoms with Crippen molar-refractivity contribution < 1.29 is 4.74 Å². The number of aryl methyl sites for hydroxylation is 2. The van der Waals surface area contributed by atoms with Crippen molar-refractivity contribution in [3.63, 3.8) is 0 Å². The molecule has 0 amide bonds. The molecule has 20 heavy (non-hydrogen) atoms. The first-order valence-electron chi connectivity index (χ1n) is 6.70. The maximum Gasteiger partial charge on any atom is 0.203 e. The normalized spacial score (nSPS) is 10.8. The molecule has 0 bridgehead atoms. The van der Waals surface area contributed by atoms with Gasteiger partial charge in [-0.25, -0.2) is 4.98 Å². The molecule has 1 N–H and O–H groups in total. The summed E-state index contributed by atoms with van der Waals surface area (Å²) in [5, 5.41) is 4.12. The van der Waals surface area contributed by atoms with Gasteiger partial charge in [-0.05, 0) is 31.0 Å². The molecule has 0 spiro atoms. The fourth-order valence-corrected chi connectivity index (χ4v) is 2.15. The largest absolute Gasteiger partial charge is 0.385 e. The molecule has 0 fully saturated rings. The maximum absolute atomic E-state index is 5.88. The second kappa shape index (κ2) is 7.31. The Morgan fingerprint density at radius 2 is 2.05 bits per heavy atom. The van der Waals surface area contributed by atoms with Gasteiger partial charge in [-0.3, -0.25) is 0 Å². The number of methoxy groups -OCH3 is 1. The fraction of sp³-hybridized carbons (Fsp3) is 0.400. The van der Waals surface area contributed by atoms with Crippen molar-refractivity contribution in [2.75, 3.05) is 19.0 Å². The minimum atomic E-state index is 0.734. The first-order chi connectivity index (χ1) is 9.69. The number of ether oxygens (including phenoxy) is 1. The molecule has 5 heteroatoms. The molecule has 1 aromatic carbocycles. The molecule has 0 radical (unpaired) electrons. The lowest BCUT2D eigenvalue weighted by atomic mass is 10.2. The molecule has 1 heterocycles. The maximum atomic E-state index is 5.88. The lowest BCUT2D eigenvalue weighted by molar-refractivity contribution is 0.190. The SMILES string of the molecule is COCCCn1cc(C)nc1NCc1ccc(Cl)cc1. The van der Waals surface area contributed by atoms with Gasteiger partial charge in [-0.15, -0.1) is 0 Å². The zero-order valence-electron chi connectivity index (χ0n) is 11.9. The smallest absolute Gasteiger partial charge is 0.203 e. The van der Waals surface area contributed by atoms with E-state index < -0.39 is 0 Å². The molecule has 0 aliphatic heterocycles. The average molecular weight is 294 g/mol. The first kappa shape index (κ1) is 14.9. The highest BCUT2D eigenvalue weighted by Gasteiger charge is 2.05. The number of halogens is 1. The summed E-state index contributed by atoms with van der Waals surface area (Å²) in [7, 11) is 1.72. The van der Waals surface area contributed by atoms with E-state index in [2.05, 4.69) is 21.1 Å². The van der Waals surface area contributed by atoms with E-state index >= 15 is 0 Å². The molecule has 0 atom stereocenters. The van der Waals surface area contributed by atoms with Gasteiger partial charge in [0.2, 0.25) is 5.95 Å². The second-order valence-electron chi connectivity index (χ2n) is 4.73. The van der Waals surface area contributed by atoms with Crippen molar-refractivity contribution in [2.45, 2.75) is 26.4 Å². The van der Waals surface area contributed by atoms with Gasteiger partial charge < -0.3 is 14.6 Å². The van der Waals surface area contributed by atoms with E-state index in [1.54, 1.807) is 7.11 Å². The number of rotatable bonds is 7. The van der Waals surface area contributed by atoms with E-state index in [-0.39, 0.29) is 0 Å². The summed E-state index contributed by atoms with van der Waals surface area (Å²) in [4.78, 5) is 4.51. The van der Waals surface area contributed by atoms with Crippen LogP contribution in [0.2, 0.25) is 5.02 Å². The molecular weight excluding hydrogens is 274 g/mol. The van der Waals surface area contributed by atoms with E-state index in [0.29, 0.717) is 0 Å². The number of hydrogen-bond donors (Lipinski definition) is 1. The fourth-order valence-electron chi connectivity index (χ4n) is 2.02. The average Bonchev–Trinajstić information content (AvgIpc) is 2.79. The summed E-state index contributed by atoms with van der Waals surface area (Å²) in [6.07, 6.45) is 3.03. The number of benzene rings is 1. The molecule has 108 valence electrons. The van der Waals surface area contributed by atoms with Crippen LogP contribution in [0.3, 0.4) is 0 Å². The van der Waals surface area contributed by atoms with Crippen LogP contribution in [-0.4, -0.2) is 23.3 Å². The summed E-state index contributed by atoms with van der Waals surface area (Å²) in [5.41, 5.74) is 2.19. The third-order valence-electron chi connectivity index (χ3n) is 3.01. The first-order valence-corrected chi connectivity index (χ1v) is 7.08. The van der Waals surface area contributed by atoms with Crippen molar-refractivity contribution >= 4 is 17.5 Å². The predicted octanol–water partition coefficient (Wildman–Crippen LogP) is 3.49. The summed E-state index contributed by atoms with van der Waals surface area (Å²) >= 11 is 5.88. The molecule has 0 saturated heterocycles. The number of nitrogens with zero attached hydrogens (tertiary/aromatic N) is 2. The summed E-state index contributed by atoms with van der Waals surface area (Å²) in [6, 6.07) is 7.82. The van der Waals surface area contributed by atoms with Crippen LogP contribution < -0.4 is 5.32 Å². The molecule has 2 rings (SSSR count). The van der Waals surface area contributed by atoms with Crippen LogP contribution in [0.4, 0.5) is 5.95 Å². The van der Waals surface area contributed by atoms with E-state index in [1.807, 2.05) is 31.2 Å². The minimum absolute atomic E-state index is 0.734. The van der Waals surface area contributed by atoms with E-state index in [4.69, 9.17) is 16.3 Å². The van der Waals surface area contributed by atoms with Gasteiger partial charge in [0.25, 0.3) is 0 Å². The zero-order chi connectivity index (χ0) is 14.4. The van der Waals surface area contributed by atoms with Gasteiger partial charge in [-0.2, -0.15) is 0 Å². The highest BCUT2D eigenvalue weighted by atomic mass is 35.5. The Morgan fingerprint density at radius 1 is 1.30 bits per heavy atom. The molecule has 0 aliphatic carbocycles. The minimum Gasteiger partial charge on any atom is -0.385 e. The Hall–Kier alpha value is -1.52. The third-order valence-corrected chi connectivity index (χ3v) is 3.26. The Bertz CT molecular complexity index is 537. The Morgan fingerprint density at radius 3 is 2.75 bits per heavy atom. The standard InChI is InChI=1S/C15H20ClN3O/c1-12-11-19(8-3-9-20-2)15(18-12)17-10-13-4-6-14(16)7-5-13/h4-7,11H,3,8-10H2,1-2H3,(H,17,18). The van der Waals surface area contributed by atoms with E-state index in [9.17, 15) is 0 Å². The molecule has 1 aromatic heterocycles. The summed E-state index contributed by atoms with van der Waals surface area (Å²) < 4.78 is 7.21. The van der Waals surface area contributed by atoms with Gasteiger partial charge in [0, 0.05) is 38.0 Å². The third kappa shape index (κ3) is 4.25. The van der Waals surface area contributed by atoms with Crippen LogP contribution in [0.5, 0.6) is 0 Å². The number of nitrogens with one attached hydrogen (secondary N) is 1. The Labute approximate surface area is 124 Å². The quantitative estimate of drug-likeness (QED) is 0.794. The number of aromatic nitrogens is 2. The molecule has 0 saturated carbocycles. The highest BCUT2D eigenvalue weighted by molar-refractivity contribution is 6.30. The van der Waals surface area contributed by atoms with E-state index in [0.717, 1.165) is 42.8 Å².